The van der Waals surface area contributed by atoms with Crippen LogP contribution in [0.25, 0.3) is 0 Å². The van der Waals surface area contributed by atoms with E-state index in [1.807, 2.05) is 30.3 Å². The van der Waals surface area contributed by atoms with E-state index >= 15 is 0 Å². The van der Waals surface area contributed by atoms with E-state index in [9.17, 15) is 5.11 Å². The van der Waals surface area contributed by atoms with Crippen molar-refractivity contribution in [1.29, 1.82) is 5.26 Å². The molecule has 0 saturated heterocycles. The lowest BCUT2D eigenvalue weighted by molar-refractivity contribution is 0.0163. The minimum atomic E-state index is -1.07. The van der Waals surface area contributed by atoms with Crippen LogP contribution in [0.1, 0.15) is 5.56 Å². The molecule has 0 radical (unpaired) electrons. The first-order valence-corrected chi connectivity index (χ1v) is 4.42. The van der Waals surface area contributed by atoms with Crippen molar-refractivity contribution < 1.29 is 9.84 Å². The van der Waals surface area contributed by atoms with Crippen molar-refractivity contribution in [3.8, 4) is 6.07 Å². The Morgan fingerprint density at radius 3 is 2.57 bits per heavy atom. The molecule has 0 fully saturated rings. The van der Waals surface area contributed by atoms with Crippen LogP contribution in [0.15, 0.2) is 30.3 Å². The van der Waals surface area contributed by atoms with Gasteiger partial charge in [0.1, 0.15) is 6.10 Å². The molecule has 0 amide bonds. The molecule has 0 bridgehead atoms. The van der Waals surface area contributed by atoms with Crippen LogP contribution in [0.5, 0.6) is 0 Å². The monoisotopic (exact) mass is 191 g/mol. The lowest BCUT2D eigenvalue weighted by Gasteiger charge is -2.16. The summed E-state index contributed by atoms with van der Waals surface area (Å²) >= 11 is 0. The van der Waals surface area contributed by atoms with Gasteiger partial charge in [-0.2, -0.15) is 5.26 Å². The first-order chi connectivity index (χ1) is 6.77. The number of benzene rings is 1. The summed E-state index contributed by atoms with van der Waals surface area (Å²) in [4.78, 5) is 0. The van der Waals surface area contributed by atoms with E-state index in [0.717, 1.165) is 5.56 Å². The topological polar surface area (TPSA) is 53.2 Å². The standard InChI is InChI=1S/C11H13NO2/c1-14-11(10(13)8-12)7-9-5-3-2-4-6-9/h2-6,10-11,13H,7H2,1H3/t10-,11-/m1/s1. The fraction of sp³-hybridized carbons (Fsp3) is 0.364. The molecule has 1 rings (SSSR count). The second-order valence-electron chi connectivity index (χ2n) is 3.04. The van der Waals surface area contributed by atoms with Crippen LogP contribution in [0.4, 0.5) is 0 Å². The maximum absolute atomic E-state index is 9.29. The SMILES string of the molecule is CO[C@H](Cc1ccccc1)[C@H](O)C#N. The average molecular weight is 191 g/mol. The van der Waals surface area contributed by atoms with Crippen LogP contribution in [0.3, 0.4) is 0 Å². The van der Waals surface area contributed by atoms with Crippen LogP contribution in [-0.4, -0.2) is 24.4 Å². The smallest absolute Gasteiger partial charge is 0.166 e. The molecule has 0 spiro atoms. The predicted octanol–water partition coefficient (Wildman–Crippen LogP) is 1.13. The molecule has 3 heteroatoms. The van der Waals surface area contributed by atoms with Crippen molar-refractivity contribution in [3.63, 3.8) is 0 Å². The van der Waals surface area contributed by atoms with Gasteiger partial charge in [0.2, 0.25) is 0 Å². The van der Waals surface area contributed by atoms with E-state index < -0.39 is 12.2 Å². The fourth-order valence-corrected chi connectivity index (χ4v) is 1.25. The Kier molecular flexibility index (Phi) is 4.11. The molecule has 74 valence electrons. The minimum Gasteiger partial charge on any atom is -0.377 e. The summed E-state index contributed by atoms with van der Waals surface area (Å²) < 4.78 is 5.03. The molecule has 0 unspecified atom stereocenters. The van der Waals surface area contributed by atoms with Gasteiger partial charge >= 0.3 is 0 Å². The van der Waals surface area contributed by atoms with Gasteiger partial charge in [-0.3, -0.25) is 0 Å². The number of aliphatic hydroxyl groups is 1. The summed E-state index contributed by atoms with van der Waals surface area (Å²) in [5.41, 5.74) is 1.05. The zero-order valence-electron chi connectivity index (χ0n) is 8.05. The summed E-state index contributed by atoms with van der Waals surface area (Å²) in [5, 5.41) is 17.8. The molecule has 0 aliphatic rings. The number of nitriles is 1. The van der Waals surface area contributed by atoms with Crippen LogP contribution in [0, 0.1) is 11.3 Å². The third-order valence-electron chi connectivity index (χ3n) is 2.07. The van der Waals surface area contributed by atoms with Gasteiger partial charge in [0.15, 0.2) is 6.10 Å². The molecule has 1 aromatic carbocycles. The zero-order chi connectivity index (χ0) is 10.4. The largest absolute Gasteiger partial charge is 0.377 e. The maximum Gasteiger partial charge on any atom is 0.166 e. The van der Waals surface area contributed by atoms with Gasteiger partial charge < -0.3 is 9.84 Å². The average Bonchev–Trinajstić information content (AvgIpc) is 2.26. The van der Waals surface area contributed by atoms with E-state index in [1.54, 1.807) is 6.07 Å². The number of methoxy groups -OCH3 is 1. The van der Waals surface area contributed by atoms with Gasteiger partial charge in [0, 0.05) is 13.5 Å². The zero-order valence-corrected chi connectivity index (χ0v) is 8.05. The maximum atomic E-state index is 9.29. The van der Waals surface area contributed by atoms with Gasteiger partial charge in [0.25, 0.3) is 0 Å². The van der Waals surface area contributed by atoms with Crippen molar-refractivity contribution in [1.82, 2.24) is 0 Å². The van der Waals surface area contributed by atoms with Crippen LogP contribution >= 0.6 is 0 Å². The third-order valence-corrected chi connectivity index (χ3v) is 2.07. The van der Waals surface area contributed by atoms with Crippen molar-refractivity contribution in [2.75, 3.05) is 7.11 Å². The molecule has 0 saturated carbocycles. The number of aliphatic hydroxyl groups excluding tert-OH is 1. The van der Waals surface area contributed by atoms with Crippen LogP contribution in [-0.2, 0) is 11.2 Å². The van der Waals surface area contributed by atoms with Crippen molar-refractivity contribution in [2.24, 2.45) is 0 Å². The molecule has 3 nitrogen and oxygen atoms in total. The normalized spacial score (nSPS) is 14.4. The van der Waals surface area contributed by atoms with E-state index in [4.69, 9.17) is 10.00 Å². The van der Waals surface area contributed by atoms with E-state index in [0.29, 0.717) is 6.42 Å². The molecule has 0 heterocycles. The van der Waals surface area contributed by atoms with Gasteiger partial charge in [-0.25, -0.2) is 0 Å². The molecular formula is C11H13NO2. The molecule has 2 atom stereocenters. The Morgan fingerprint density at radius 2 is 2.07 bits per heavy atom. The second kappa shape index (κ2) is 5.38. The lowest BCUT2D eigenvalue weighted by atomic mass is 10.0. The summed E-state index contributed by atoms with van der Waals surface area (Å²) in [7, 11) is 1.49. The molecule has 0 aromatic heterocycles. The quantitative estimate of drug-likeness (QED) is 0.726. The summed E-state index contributed by atoms with van der Waals surface area (Å²) in [5.74, 6) is 0. The predicted molar refractivity (Wildman–Crippen MR) is 52.6 cm³/mol. The van der Waals surface area contributed by atoms with Crippen molar-refractivity contribution in [3.05, 3.63) is 35.9 Å². The van der Waals surface area contributed by atoms with E-state index in [-0.39, 0.29) is 0 Å². The molecule has 1 N–H and O–H groups in total. The molecule has 0 aliphatic carbocycles. The first-order valence-electron chi connectivity index (χ1n) is 4.42. The Balaban J connectivity index is 2.63. The Bertz CT molecular complexity index is 305. The highest BCUT2D eigenvalue weighted by atomic mass is 16.5. The first kappa shape index (κ1) is 10.7. The van der Waals surface area contributed by atoms with E-state index in [2.05, 4.69) is 0 Å². The van der Waals surface area contributed by atoms with Crippen LogP contribution in [0.2, 0.25) is 0 Å². The molecule has 0 aliphatic heterocycles. The molecule has 14 heavy (non-hydrogen) atoms. The van der Waals surface area contributed by atoms with Gasteiger partial charge in [0.05, 0.1) is 6.07 Å². The minimum absolute atomic E-state index is 0.456. The van der Waals surface area contributed by atoms with Crippen LogP contribution < -0.4 is 0 Å². The number of hydrogen-bond acceptors (Lipinski definition) is 3. The number of nitrogens with zero attached hydrogens (tertiary/aromatic N) is 1. The fourth-order valence-electron chi connectivity index (χ4n) is 1.25. The number of rotatable bonds is 4. The lowest BCUT2D eigenvalue weighted by Crippen LogP contribution is -2.28. The van der Waals surface area contributed by atoms with E-state index in [1.165, 1.54) is 7.11 Å². The number of ether oxygens (including phenoxy) is 1. The highest BCUT2D eigenvalue weighted by molar-refractivity contribution is 5.16. The Labute approximate surface area is 83.6 Å². The van der Waals surface area contributed by atoms with Gasteiger partial charge in [-0.15, -0.1) is 0 Å². The highest BCUT2D eigenvalue weighted by Gasteiger charge is 2.17. The van der Waals surface area contributed by atoms with Gasteiger partial charge in [-0.1, -0.05) is 30.3 Å². The third kappa shape index (κ3) is 2.84. The molecule has 1 aromatic rings. The Hall–Kier alpha value is -1.37. The highest BCUT2D eigenvalue weighted by Crippen LogP contribution is 2.08. The summed E-state index contributed by atoms with van der Waals surface area (Å²) in [6.07, 6.45) is -0.978. The van der Waals surface area contributed by atoms with Crippen molar-refractivity contribution >= 4 is 0 Å². The Morgan fingerprint density at radius 1 is 1.43 bits per heavy atom. The summed E-state index contributed by atoms with van der Waals surface area (Å²) in [6.45, 7) is 0. The summed E-state index contributed by atoms with van der Waals surface area (Å²) in [6, 6.07) is 11.4. The number of hydrogen-bond donors (Lipinski definition) is 1. The second-order valence-corrected chi connectivity index (χ2v) is 3.04. The molecular weight excluding hydrogens is 178 g/mol. The van der Waals surface area contributed by atoms with Crippen molar-refractivity contribution in [2.45, 2.75) is 18.6 Å². The van der Waals surface area contributed by atoms with Gasteiger partial charge in [-0.05, 0) is 5.56 Å².